The van der Waals surface area contributed by atoms with Gasteiger partial charge in [-0.05, 0) is 16.7 Å². The number of nitrogens with zero attached hydrogens (tertiary/aromatic N) is 1. The Balaban J connectivity index is 2.32. The summed E-state index contributed by atoms with van der Waals surface area (Å²) in [7, 11) is 0. The van der Waals surface area contributed by atoms with Gasteiger partial charge in [0.2, 0.25) is 0 Å². The second kappa shape index (κ2) is 5.32. The van der Waals surface area contributed by atoms with Gasteiger partial charge in [0.15, 0.2) is 5.78 Å². The van der Waals surface area contributed by atoms with Crippen LogP contribution in [-0.2, 0) is 0 Å². The molecule has 0 N–H and O–H groups in total. The Labute approximate surface area is 105 Å². The van der Waals surface area contributed by atoms with Crippen LogP contribution in [0.3, 0.4) is 0 Å². The molecule has 0 saturated carbocycles. The molecule has 0 aliphatic rings. The molecule has 0 bridgehead atoms. The van der Waals surface area contributed by atoms with Gasteiger partial charge < -0.3 is 0 Å². The fraction of sp³-hybridized carbons (Fsp3) is 0.286. The first-order valence-corrected chi connectivity index (χ1v) is 6.71. The number of fused-ring (bicyclic) bond motifs is 1. The Hall–Kier alpha value is -1.35. The number of aromatic nitrogens is 1. The van der Waals surface area contributed by atoms with Crippen LogP contribution in [0.5, 0.6) is 0 Å². The molecule has 2 nitrogen and oxygen atoms in total. The summed E-state index contributed by atoms with van der Waals surface area (Å²) in [6.45, 7) is 4.20. The van der Waals surface area contributed by atoms with E-state index >= 15 is 0 Å². The minimum absolute atomic E-state index is 0.195. The van der Waals surface area contributed by atoms with Crippen LogP contribution in [0.4, 0.5) is 0 Å². The van der Waals surface area contributed by atoms with Crippen molar-refractivity contribution >= 4 is 28.3 Å². The van der Waals surface area contributed by atoms with Crippen molar-refractivity contribution in [1.82, 2.24) is 4.98 Å². The van der Waals surface area contributed by atoms with Crippen LogP contribution in [0.15, 0.2) is 36.7 Å². The molecule has 0 radical (unpaired) electrons. The van der Waals surface area contributed by atoms with Crippen molar-refractivity contribution in [2.24, 2.45) is 0 Å². The first-order chi connectivity index (χ1) is 8.18. The van der Waals surface area contributed by atoms with Crippen LogP contribution in [0.2, 0.25) is 0 Å². The molecule has 0 unspecified atom stereocenters. The SMILES string of the molecule is CC(C)SCC(=O)c1cccc2cnccc12. The van der Waals surface area contributed by atoms with Crippen molar-refractivity contribution in [2.45, 2.75) is 19.1 Å². The number of ketones is 1. The molecule has 0 atom stereocenters. The maximum Gasteiger partial charge on any atom is 0.173 e. The number of thioether (sulfide) groups is 1. The van der Waals surface area contributed by atoms with Gasteiger partial charge in [0.25, 0.3) is 0 Å². The summed E-state index contributed by atoms with van der Waals surface area (Å²) >= 11 is 1.68. The zero-order valence-electron chi connectivity index (χ0n) is 10.0. The lowest BCUT2D eigenvalue weighted by Crippen LogP contribution is -2.05. The van der Waals surface area contributed by atoms with Crippen LogP contribution in [0.1, 0.15) is 24.2 Å². The fourth-order valence-corrected chi connectivity index (χ4v) is 2.33. The molecule has 1 aromatic carbocycles. The highest BCUT2D eigenvalue weighted by Crippen LogP contribution is 2.20. The van der Waals surface area contributed by atoms with E-state index in [-0.39, 0.29) is 5.78 Å². The van der Waals surface area contributed by atoms with E-state index in [4.69, 9.17) is 0 Å². The van der Waals surface area contributed by atoms with Gasteiger partial charge in [-0.3, -0.25) is 9.78 Å². The van der Waals surface area contributed by atoms with Crippen molar-refractivity contribution in [3.63, 3.8) is 0 Å². The Kier molecular flexibility index (Phi) is 3.79. The van der Waals surface area contributed by atoms with Crippen LogP contribution in [0, 0.1) is 0 Å². The highest BCUT2D eigenvalue weighted by molar-refractivity contribution is 8.00. The van der Waals surface area contributed by atoms with E-state index in [0.717, 1.165) is 16.3 Å². The van der Waals surface area contributed by atoms with Gasteiger partial charge in [0, 0.05) is 23.3 Å². The number of carbonyl (C=O) groups excluding carboxylic acids is 1. The van der Waals surface area contributed by atoms with Crippen LogP contribution >= 0.6 is 11.8 Å². The largest absolute Gasteiger partial charge is 0.293 e. The number of pyridine rings is 1. The summed E-state index contributed by atoms with van der Waals surface area (Å²) in [4.78, 5) is 16.2. The molecule has 17 heavy (non-hydrogen) atoms. The second-order valence-electron chi connectivity index (χ2n) is 4.19. The molecule has 0 fully saturated rings. The standard InChI is InChI=1S/C14H15NOS/c1-10(2)17-9-14(16)13-5-3-4-11-8-15-7-6-12(11)13/h3-8,10H,9H2,1-2H3. The predicted octanol–water partition coefficient (Wildman–Crippen LogP) is 3.56. The number of Topliss-reactive ketones (excluding diaryl/α,β-unsaturated/α-hetero) is 1. The minimum atomic E-state index is 0.195. The maximum atomic E-state index is 12.1. The zero-order chi connectivity index (χ0) is 12.3. The lowest BCUT2D eigenvalue weighted by Gasteiger charge is -2.06. The molecule has 88 valence electrons. The van der Waals surface area contributed by atoms with E-state index in [9.17, 15) is 4.79 Å². The zero-order valence-corrected chi connectivity index (χ0v) is 10.8. The van der Waals surface area contributed by atoms with E-state index in [2.05, 4.69) is 18.8 Å². The number of benzene rings is 1. The first kappa shape index (κ1) is 12.1. The number of hydrogen-bond donors (Lipinski definition) is 0. The number of rotatable bonds is 4. The smallest absolute Gasteiger partial charge is 0.173 e. The van der Waals surface area contributed by atoms with Gasteiger partial charge >= 0.3 is 0 Å². The van der Waals surface area contributed by atoms with Crippen LogP contribution in [-0.4, -0.2) is 21.8 Å². The summed E-state index contributed by atoms with van der Waals surface area (Å²) in [5.74, 6) is 0.736. The van der Waals surface area contributed by atoms with E-state index in [1.54, 1.807) is 24.2 Å². The van der Waals surface area contributed by atoms with Gasteiger partial charge in [-0.1, -0.05) is 32.0 Å². The van der Waals surface area contributed by atoms with E-state index < -0.39 is 0 Å². The summed E-state index contributed by atoms with van der Waals surface area (Å²) in [5.41, 5.74) is 0.804. The molecule has 1 aromatic heterocycles. The van der Waals surface area contributed by atoms with Crippen molar-refractivity contribution in [3.05, 3.63) is 42.2 Å². The van der Waals surface area contributed by atoms with Gasteiger partial charge in [-0.2, -0.15) is 11.8 Å². The molecule has 0 saturated heterocycles. The maximum absolute atomic E-state index is 12.1. The molecule has 0 aliphatic carbocycles. The van der Waals surface area contributed by atoms with Crippen molar-refractivity contribution in [3.8, 4) is 0 Å². The molecule has 0 amide bonds. The average Bonchev–Trinajstić information content (AvgIpc) is 2.35. The minimum Gasteiger partial charge on any atom is -0.293 e. The third-order valence-corrected chi connectivity index (χ3v) is 3.62. The molecule has 0 spiro atoms. The normalized spacial score (nSPS) is 11.0. The number of hydrogen-bond acceptors (Lipinski definition) is 3. The lowest BCUT2D eigenvalue weighted by molar-refractivity contribution is 0.102. The molecule has 1 heterocycles. The average molecular weight is 245 g/mol. The monoisotopic (exact) mass is 245 g/mol. The molecule has 2 aromatic rings. The summed E-state index contributed by atoms with van der Waals surface area (Å²) < 4.78 is 0. The third-order valence-electron chi connectivity index (χ3n) is 2.53. The van der Waals surface area contributed by atoms with Crippen LogP contribution < -0.4 is 0 Å². The van der Waals surface area contributed by atoms with Crippen molar-refractivity contribution in [2.75, 3.05) is 5.75 Å². The summed E-state index contributed by atoms with van der Waals surface area (Å²) in [5, 5.41) is 2.50. The number of carbonyl (C=O) groups is 1. The van der Waals surface area contributed by atoms with Crippen LogP contribution in [0.25, 0.3) is 10.8 Å². The topological polar surface area (TPSA) is 30.0 Å². The van der Waals surface area contributed by atoms with Gasteiger partial charge in [0.1, 0.15) is 0 Å². The van der Waals surface area contributed by atoms with Crippen molar-refractivity contribution < 1.29 is 4.79 Å². The molecule has 3 heteroatoms. The molecule has 0 aliphatic heterocycles. The van der Waals surface area contributed by atoms with Gasteiger partial charge in [0.05, 0.1) is 5.75 Å². The molecular weight excluding hydrogens is 230 g/mol. The van der Waals surface area contributed by atoms with E-state index in [0.29, 0.717) is 11.0 Å². The third kappa shape index (κ3) is 2.86. The fourth-order valence-electron chi connectivity index (χ4n) is 1.69. The van der Waals surface area contributed by atoms with E-state index in [1.807, 2.05) is 24.3 Å². The first-order valence-electron chi connectivity index (χ1n) is 5.66. The van der Waals surface area contributed by atoms with E-state index in [1.165, 1.54) is 0 Å². The molecule has 2 rings (SSSR count). The Morgan fingerprint density at radius 3 is 2.94 bits per heavy atom. The Bertz CT molecular complexity index is 531. The van der Waals surface area contributed by atoms with Crippen molar-refractivity contribution in [1.29, 1.82) is 0 Å². The summed E-state index contributed by atoms with van der Waals surface area (Å²) in [6, 6.07) is 7.69. The Morgan fingerprint density at radius 1 is 1.35 bits per heavy atom. The van der Waals surface area contributed by atoms with Gasteiger partial charge in [-0.15, -0.1) is 0 Å². The summed E-state index contributed by atoms with van der Waals surface area (Å²) in [6.07, 6.45) is 3.52. The Morgan fingerprint density at radius 2 is 2.18 bits per heavy atom. The van der Waals surface area contributed by atoms with Gasteiger partial charge in [-0.25, -0.2) is 0 Å². The highest BCUT2D eigenvalue weighted by Gasteiger charge is 2.10. The lowest BCUT2D eigenvalue weighted by atomic mass is 10.0. The molecular formula is C14H15NOS. The predicted molar refractivity (Wildman–Crippen MR) is 73.7 cm³/mol. The second-order valence-corrected chi connectivity index (χ2v) is 5.75. The quantitative estimate of drug-likeness (QED) is 0.771. The highest BCUT2D eigenvalue weighted by atomic mass is 32.2.